The summed E-state index contributed by atoms with van der Waals surface area (Å²) in [6.45, 7) is 18.2. The fourth-order valence-electron chi connectivity index (χ4n) is 9.41. The van der Waals surface area contributed by atoms with Crippen LogP contribution in [0.25, 0.3) is 0 Å². The highest BCUT2D eigenvalue weighted by Gasteiger charge is 2.49. The molecule has 2 bridgehead atoms. The number of ether oxygens (including phenoxy) is 3. The number of carbonyl (C=O) groups is 1. The zero-order valence-electron chi connectivity index (χ0n) is 34.3. The number of nitrogens with one attached hydrogen (secondary N) is 1. The lowest BCUT2D eigenvalue weighted by Gasteiger charge is -2.52. The molecule has 0 spiro atoms. The molecule has 6 rings (SSSR count). The topological polar surface area (TPSA) is 83.6 Å². The Kier molecular flexibility index (Phi) is 13.4. The van der Waals surface area contributed by atoms with Crippen LogP contribution in [0.2, 0.25) is 5.02 Å². The van der Waals surface area contributed by atoms with Crippen molar-refractivity contribution in [2.75, 3.05) is 78.1 Å². The third-order valence-electron chi connectivity index (χ3n) is 13.2. The summed E-state index contributed by atoms with van der Waals surface area (Å²) >= 11 is 6.52. The largest absolute Gasteiger partial charge is 0.491 e. The number of hydrogen-bond acceptors (Lipinski definition) is 8. The van der Waals surface area contributed by atoms with Gasteiger partial charge >= 0.3 is 0 Å². The molecular weight excluding hydrogens is 732 g/mol. The molecule has 55 heavy (non-hydrogen) atoms. The van der Waals surface area contributed by atoms with Crippen LogP contribution >= 0.6 is 11.6 Å². The van der Waals surface area contributed by atoms with Gasteiger partial charge in [0.15, 0.2) is 0 Å². The van der Waals surface area contributed by atoms with Crippen molar-refractivity contribution in [2.24, 2.45) is 17.8 Å². The van der Waals surface area contributed by atoms with Crippen molar-refractivity contribution >= 4 is 38.8 Å². The Labute approximate surface area is 336 Å². The Hall–Kier alpha value is -2.60. The number of amides is 1. The van der Waals surface area contributed by atoms with Crippen molar-refractivity contribution < 1.29 is 23.2 Å². The van der Waals surface area contributed by atoms with Gasteiger partial charge in [-0.05, 0) is 112 Å². The number of aryl methyl sites for hydroxylation is 1. The van der Waals surface area contributed by atoms with Gasteiger partial charge < -0.3 is 19.1 Å². The number of piperazine rings is 1. The minimum Gasteiger partial charge on any atom is -0.491 e. The van der Waals surface area contributed by atoms with Gasteiger partial charge in [-0.1, -0.05) is 50.1 Å². The number of allylic oxidation sites excluding steroid dienone is 1. The highest BCUT2D eigenvalue weighted by Crippen LogP contribution is 2.47. The van der Waals surface area contributed by atoms with E-state index >= 15 is 0 Å². The summed E-state index contributed by atoms with van der Waals surface area (Å²) in [5.41, 5.74) is 3.35. The first-order valence-electron chi connectivity index (χ1n) is 20.4. The molecule has 3 heterocycles. The Balaban J connectivity index is 1.37. The molecule has 1 amide bonds. The summed E-state index contributed by atoms with van der Waals surface area (Å²) in [6, 6.07) is 11.9. The van der Waals surface area contributed by atoms with Crippen LogP contribution in [0.3, 0.4) is 0 Å². The molecule has 304 valence electrons. The fraction of sp³-hybridized carbons (Fsp3) is 0.636. The van der Waals surface area contributed by atoms with Crippen molar-refractivity contribution in [3.05, 3.63) is 70.3 Å². The lowest BCUT2D eigenvalue weighted by Crippen LogP contribution is -2.61. The van der Waals surface area contributed by atoms with Crippen LogP contribution in [0.15, 0.2) is 48.6 Å². The number of methoxy groups -OCH3 is 2. The Morgan fingerprint density at radius 3 is 2.51 bits per heavy atom. The molecule has 1 saturated carbocycles. The lowest BCUT2D eigenvalue weighted by molar-refractivity contribution is -0.0992. The summed E-state index contributed by atoms with van der Waals surface area (Å²) < 4.78 is 35.8. The number of carbonyl (C=O) groups excluding carboxylic acids is 1. The SMILES string of the molecule is C=S1(=O)NC(=O)c2ccc3c(c2)N(CC(c2ccc(Cl)cc2CCC)CO3)CC2CCC2C(CN2CCN(C(C)(C)COC)CC2)(OC)/C=C/CC(C)C1C. The minimum absolute atomic E-state index is 0.0195. The predicted octanol–water partition coefficient (Wildman–Crippen LogP) is 7.07. The average molecular weight is 798 g/mol. The second-order valence-electron chi connectivity index (χ2n) is 17.3. The summed E-state index contributed by atoms with van der Waals surface area (Å²) in [6.07, 6.45) is 9.41. The third-order valence-corrected chi connectivity index (χ3v) is 15.6. The molecule has 0 aromatic heterocycles. The van der Waals surface area contributed by atoms with E-state index in [2.05, 4.69) is 77.3 Å². The van der Waals surface area contributed by atoms with Gasteiger partial charge in [0, 0.05) is 87.3 Å². The van der Waals surface area contributed by atoms with E-state index in [1.165, 1.54) is 11.1 Å². The van der Waals surface area contributed by atoms with E-state index in [1.54, 1.807) is 13.2 Å². The summed E-state index contributed by atoms with van der Waals surface area (Å²) in [5.74, 6) is 5.22. The number of fused-ring (bicyclic) bond motifs is 2. The monoisotopic (exact) mass is 796 g/mol. The average Bonchev–Trinajstić information content (AvgIpc) is 3.31. The number of benzene rings is 2. The second-order valence-corrected chi connectivity index (χ2v) is 20.1. The molecule has 1 aliphatic carbocycles. The normalized spacial score (nSPS) is 31.7. The van der Waals surface area contributed by atoms with Crippen LogP contribution in [-0.4, -0.2) is 115 Å². The molecule has 2 aromatic carbocycles. The molecular formula is C44H65ClN4O5S. The molecule has 4 aliphatic rings. The minimum atomic E-state index is -2.97. The maximum atomic E-state index is 14.1. The number of anilines is 1. The molecule has 2 aromatic rings. The van der Waals surface area contributed by atoms with E-state index in [-0.39, 0.29) is 34.4 Å². The van der Waals surface area contributed by atoms with Gasteiger partial charge in [0.2, 0.25) is 0 Å². The van der Waals surface area contributed by atoms with Gasteiger partial charge in [-0.15, -0.1) is 0 Å². The van der Waals surface area contributed by atoms with Gasteiger partial charge in [-0.25, -0.2) is 4.21 Å². The van der Waals surface area contributed by atoms with Crippen molar-refractivity contribution in [1.82, 2.24) is 14.5 Å². The number of nitrogens with zero attached hydrogens (tertiary/aromatic N) is 3. The standard InChI is InChI=1S/C44H65ClN4O5S/c1-9-11-33-24-37(45)15-16-38(33)36-27-48-26-35-13-17-39(35)44(53-7,29-47-20-22-49(23-21-47)43(4,5)30-52-6)19-10-12-31(2)32(3)55(8,51)46-42(50)34-14-18-41(54-28-36)40(48)25-34/h10,14-16,18-19,24-25,31-32,35-36,39H,8-9,11-13,17,20-23,26-30H2,1-7H3,(H,46,50,51)/b19-10+. The van der Waals surface area contributed by atoms with Crippen LogP contribution in [-0.2, 0) is 25.6 Å². The maximum absolute atomic E-state index is 14.1. The number of rotatable bonds is 9. The van der Waals surface area contributed by atoms with Crippen molar-refractivity contribution in [3.63, 3.8) is 0 Å². The van der Waals surface area contributed by atoms with E-state index < -0.39 is 15.3 Å². The molecule has 7 unspecified atom stereocenters. The molecule has 2 fully saturated rings. The van der Waals surface area contributed by atoms with E-state index in [1.807, 2.05) is 32.2 Å². The van der Waals surface area contributed by atoms with E-state index in [9.17, 15) is 9.00 Å². The van der Waals surface area contributed by atoms with E-state index in [0.717, 1.165) is 88.0 Å². The van der Waals surface area contributed by atoms with Crippen LogP contribution in [0.4, 0.5) is 5.69 Å². The molecule has 3 aliphatic heterocycles. The van der Waals surface area contributed by atoms with Crippen molar-refractivity contribution in [1.29, 1.82) is 0 Å². The molecule has 7 atom stereocenters. The van der Waals surface area contributed by atoms with Crippen molar-refractivity contribution in [2.45, 2.75) is 89.0 Å². The van der Waals surface area contributed by atoms with E-state index in [4.69, 9.17) is 25.8 Å². The quantitative estimate of drug-likeness (QED) is 0.213. The Morgan fingerprint density at radius 1 is 1.07 bits per heavy atom. The molecule has 11 heteroatoms. The number of halogens is 1. The lowest BCUT2D eigenvalue weighted by atomic mass is 9.63. The Bertz CT molecular complexity index is 1790. The highest BCUT2D eigenvalue weighted by molar-refractivity contribution is 7.99. The first-order chi connectivity index (χ1) is 26.2. The van der Waals surface area contributed by atoms with Crippen LogP contribution in [0.1, 0.15) is 87.7 Å². The van der Waals surface area contributed by atoms with Gasteiger partial charge in [0.25, 0.3) is 5.91 Å². The van der Waals surface area contributed by atoms with E-state index in [0.29, 0.717) is 31.1 Å². The second kappa shape index (κ2) is 17.5. The molecule has 1 N–H and O–H groups in total. The van der Waals surface area contributed by atoms with Gasteiger partial charge in [-0.3, -0.25) is 19.3 Å². The van der Waals surface area contributed by atoms with Gasteiger partial charge in [-0.2, -0.15) is 0 Å². The van der Waals surface area contributed by atoms with Crippen LogP contribution < -0.4 is 14.4 Å². The van der Waals surface area contributed by atoms with Crippen LogP contribution in [0, 0.1) is 17.8 Å². The highest BCUT2D eigenvalue weighted by atomic mass is 35.5. The zero-order valence-corrected chi connectivity index (χ0v) is 35.9. The zero-order chi connectivity index (χ0) is 39.5. The first-order valence-corrected chi connectivity index (χ1v) is 22.5. The maximum Gasteiger partial charge on any atom is 0.262 e. The molecule has 1 saturated heterocycles. The Morgan fingerprint density at radius 2 is 1.84 bits per heavy atom. The predicted molar refractivity (Wildman–Crippen MR) is 227 cm³/mol. The summed E-state index contributed by atoms with van der Waals surface area (Å²) in [5, 5.41) is 0.404. The number of hydrogen-bond donors (Lipinski definition) is 1. The van der Waals surface area contributed by atoms with Gasteiger partial charge in [0.1, 0.15) is 11.4 Å². The summed E-state index contributed by atoms with van der Waals surface area (Å²) in [7, 11) is 0.698. The third kappa shape index (κ3) is 9.26. The first kappa shape index (κ1) is 42.0. The molecule has 9 nitrogen and oxygen atoms in total. The molecule has 0 radical (unpaired) electrons. The van der Waals surface area contributed by atoms with Crippen LogP contribution in [0.5, 0.6) is 5.75 Å². The van der Waals surface area contributed by atoms with Crippen molar-refractivity contribution in [3.8, 4) is 5.75 Å². The summed E-state index contributed by atoms with van der Waals surface area (Å²) in [4.78, 5) is 21.4. The fourth-order valence-corrected chi connectivity index (χ4v) is 11.1. The van der Waals surface area contributed by atoms with Gasteiger partial charge in [0.05, 0.1) is 28.6 Å². The smallest absolute Gasteiger partial charge is 0.262 e.